The fourth-order valence-corrected chi connectivity index (χ4v) is 1.76. The van der Waals surface area contributed by atoms with Crippen molar-refractivity contribution < 1.29 is 4.79 Å². The molecule has 0 aromatic heterocycles. The van der Waals surface area contributed by atoms with Gasteiger partial charge in [-0.05, 0) is 11.1 Å². The number of benzene rings is 2. The highest BCUT2D eigenvalue weighted by Crippen LogP contribution is 1.97. The number of hydrogen-bond acceptors (Lipinski definition) is 3. The number of nitrogens with one attached hydrogen (secondary N) is 2. The van der Waals surface area contributed by atoms with Gasteiger partial charge in [0, 0.05) is 25.3 Å². The Bertz CT molecular complexity index is 568. The number of rotatable bonds is 6. The van der Waals surface area contributed by atoms with Gasteiger partial charge in [-0.25, -0.2) is 15.6 Å². The molecular formula is C17H18N4O. The summed E-state index contributed by atoms with van der Waals surface area (Å²) in [5, 5.41) is 7.69. The second-order valence-corrected chi connectivity index (χ2v) is 4.56. The minimum Gasteiger partial charge on any atom is -0.245 e. The van der Waals surface area contributed by atoms with Gasteiger partial charge in [0.2, 0.25) is 0 Å². The van der Waals surface area contributed by atoms with Crippen LogP contribution >= 0.6 is 0 Å². The standard InChI is InChI=1S/C17H18N4O/c22-17(20-18-13-11-15-7-3-1-4-8-15)21-19-14-12-16-9-5-2-6-10-16/h1-10,13-14H,11-12H2,(H2,20,21,22)/b18-13-,19-14+. The Balaban J connectivity index is 1.63. The smallest absolute Gasteiger partial charge is 0.245 e. The number of carbonyl (C=O) groups is 1. The van der Waals surface area contributed by atoms with Crippen LogP contribution in [-0.4, -0.2) is 18.5 Å². The number of urea groups is 1. The zero-order chi connectivity index (χ0) is 15.5. The summed E-state index contributed by atoms with van der Waals surface area (Å²) >= 11 is 0. The van der Waals surface area contributed by atoms with Crippen LogP contribution in [0.1, 0.15) is 11.1 Å². The van der Waals surface area contributed by atoms with Gasteiger partial charge in [-0.1, -0.05) is 60.7 Å². The van der Waals surface area contributed by atoms with Gasteiger partial charge in [-0.3, -0.25) is 0 Å². The van der Waals surface area contributed by atoms with Crippen molar-refractivity contribution in [3.8, 4) is 0 Å². The van der Waals surface area contributed by atoms with E-state index < -0.39 is 6.03 Å². The lowest BCUT2D eigenvalue weighted by Gasteiger charge is -1.98. The summed E-state index contributed by atoms with van der Waals surface area (Å²) in [4.78, 5) is 11.4. The minimum absolute atomic E-state index is 0.464. The molecule has 5 heteroatoms. The van der Waals surface area contributed by atoms with Crippen molar-refractivity contribution in [3.63, 3.8) is 0 Å². The van der Waals surface area contributed by atoms with E-state index in [0.717, 1.165) is 11.1 Å². The summed E-state index contributed by atoms with van der Waals surface area (Å²) in [6, 6.07) is 19.3. The SMILES string of the molecule is O=C(N/N=C\Cc1ccccc1)N/N=C/Cc1ccccc1. The van der Waals surface area contributed by atoms with Crippen molar-refractivity contribution >= 4 is 18.5 Å². The molecule has 0 fully saturated rings. The third-order valence-corrected chi connectivity index (χ3v) is 2.85. The van der Waals surface area contributed by atoms with Gasteiger partial charge in [0.05, 0.1) is 0 Å². The lowest BCUT2D eigenvalue weighted by Crippen LogP contribution is -2.28. The molecule has 2 rings (SSSR count). The normalized spacial score (nSPS) is 10.9. The second-order valence-electron chi connectivity index (χ2n) is 4.56. The molecule has 0 radical (unpaired) electrons. The first-order valence-corrected chi connectivity index (χ1v) is 7.01. The van der Waals surface area contributed by atoms with Crippen LogP contribution < -0.4 is 10.9 Å². The molecule has 2 N–H and O–H groups in total. The maximum atomic E-state index is 11.4. The number of hydrogen-bond donors (Lipinski definition) is 2. The van der Waals surface area contributed by atoms with E-state index in [1.54, 1.807) is 12.4 Å². The molecule has 0 aliphatic heterocycles. The number of amides is 2. The highest BCUT2D eigenvalue weighted by atomic mass is 16.2. The number of nitrogens with zero attached hydrogens (tertiary/aromatic N) is 2. The predicted molar refractivity (Wildman–Crippen MR) is 88.9 cm³/mol. The summed E-state index contributed by atoms with van der Waals surface area (Å²) in [7, 11) is 0. The molecule has 0 bridgehead atoms. The monoisotopic (exact) mass is 294 g/mol. The average Bonchev–Trinajstić information content (AvgIpc) is 2.57. The van der Waals surface area contributed by atoms with Gasteiger partial charge in [0.15, 0.2) is 0 Å². The molecule has 5 nitrogen and oxygen atoms in total. The first-order valence-electron chi connectivity index (χ1n) is 7.01. The highest BCUT2D eigenvalue weighted by molar-refractivity contribution is 5.76. The van der Waals surface area contributed by atoms with Crippen molar-refractivity contribution in [2.75, 3.05) is 0 Å². The zero-order valence-electron chi connectivity index (χ0n) is 12.1. The van der Waals surface area contributed by atoms with Crippen molar-refractivity contribution in [1.82, 2.24) is 10.9 Å². The molecule has 2 aromatic carbocycles. The molecule has 0 saturated carbocycles. The van der Waals surface area contributed by atoms with Crippen LogP contribution in [0.3, 0.4) is 0 Å². The van der Waals surface area contributed by atoms with Crippen molar-refractivity contribution in [2.45, 2.75) is 12.8 Å². The van der Waals surface area contributed by atoms with Crippen molar-refractivity contribution in [2.24, 2.45) is 10.2 Å². The molecule has 0 spiro atoms. The maximum Gasteiger partial charge on any atom is 0.355 e. The first-order chi connectivity index (χ1) is 10.8. The van der Waals surface area contributed by atoms with E-state index in [9.17, 15) is 4.79 Å². The quantitative estimate of drug-likeness (QED) is 0.624. The molecule has 0 aliphatic carbocycles. The van der Waals surface area contributed by atoms with Gasteiger partial charge in [0.25, 0.3) is 0 Å². The van der Waals surface area contributed by atoms with Crippen LogP contribution in [0, 0.1) is 0 Å². The summed E-state index contributed by atoms with van der Waals surface area (Å²) in [5.41, 5.74) is 6.98. The maximum absolute atomic E-state index is 11.4. The van der Waals surface area contributed by atoms with E-state index in [2.05, 4.69) is 21.1 Å². The summed E-state index contributed by atoms with van der Waals surface area (Å²) in [6.45, 7) is 0. The van der Waals surface area contributed by atoms with Gasteiger partial charge in [-0.15, -0.1) is 0 Å². The van der Waals surface area contributed by atoms with Crippen LogP contribution in [0.5, 0.6) is 0 Å². The molecule has 2 aromatic rings. The molecular weight excluding hydrogens is 276 g/mol. The Kier molecular flexibility index (Phi) is 6.37. The molecule has 112 valence electrons. The predicted octanol–water partition coefficient (Wildman–Crippen LogP) is 2.74. The number of hydrazone groups is 2. The van der Waals surface area contributed by atoms with Crippen LogP contribution in [0.4, 0.5) is 4.79 Å². The van der Waals surface area contributed by atoms with E-state index in [-0.39, 0.29) is 0 Å². The first kappa shape index (κ1) is 15.4. The van der Waals surface area contributed by atoms with E-state index in [1.165, 1.54) is 0 Å². The summed E-state index contributed by atoms with van der Waals surface area (Å²) in [6.07, 6.45) is 4.61. The highest BCUT2D eigenvalue weighted by Gasteiger charge is 1.94. The van der Waals surface area contributed by atoms with Crippen LogP contribution in [0.15, 0.2) is 70.9 Å². The minimum atomic E-state index is -0.464. The molecule has 22 heavy (non-hydrogen) atoms. The van der Waals surface area contributed by atoms with Gasteiger partial charge in [0.1, 0.15) is 0 Å². The molecule has 0 unspecified atom stereocenters. The number of carbonyl (C=O) groups excluding carboxylic acids is 1. The zero-order valence-corrected chi connectivity index (χ0v) is 12.1. The average molecular weight is 294 g/mol. The Morgan fingerprint density at radius 1 is 0.773 bits per heavy atom. The Morgan fingerprint density at radius 3 is 1.59 bits per heavy atom. The van der Waals surface area contributed by atoms with Gasteiger partial charge >= 0.3 is 6.03 Å². The lowest BCUT2D eigenvalue weighted by atomic mass is 10.2. The van der Waals surface area contributed by atoms with Crippen molar-refractivity contribution in [3.05, 3.63) is 71.8 Å². The van der Waals surface area contributed by atoms with Crippen LogP contribution in [0.25, 0.3) is 0 Å². The fourth-order valence-electron chi connectivity index (χ4n) is 1.76. The third-order valence-electron chi connectivity index (χ3n) is 2.85. The lowest BCUT2D eigenvalue weighted by molar-refractivity contribution is 0.242. The Morgan fingerprint density at radius 2 is 1.18 bits per heavy atom. The molecule has 2 amide bonds. The van der Waals surface area contributed by atoms with Crippen LogP contribution in [0.2, 0.25) is 0 Å². The fraction of sp³-hybridized carbons (Fsp3) is 0.118. The van der Waals surface area contributed by atoms with E-state index in [1.807, 2.05) is 60.7 Å². The largest absolute Gasteiger partial charge is 0.355 e. The summed E-state index contributed by atoms with van der Waals surface area (Å²) < 4.78 is 0. The van der Waals surface area contributed by atoms with E-state index in [4.69, 9.17) is 0 Å². The van der Waals surface area contributed by atoms with E-state index in [0.29, 0.717) is 12.8 Å². The van der Waals surface area contributed by atoms with E-state index >= 15 is 0 Å². The molecule has 0 atom stereocenters. The molecule has 0 heterocycles. The Hall–Kier alpha value is -2.95. The third kappa shape index (κ3) is 6.00. The van der Waals surface area contributed by atoms with Crippen LogP contribution in [-0.2, 0) is 12.8 Å². The summed E-state index contributed by atoms with van der Waals surface area (Å²) in [5.74, 6) is 0. The second kappa shape index (κ2) is 9.07. The molecule has 0 saturated heterocycles. The molecule has 0 aliphatic rings. The topological polar surface area (TPSA) is 65.8 Å². The van der Waals surface area contributed by atoms with Gasteiger partial charge in [-0.2, -0.15) is 10.2 Å². The Labute approximate surface area is 129 Å². The van der Waals surface area contributed by atoms with Crippen molar-refractivity contribution in [1.29, 1.82) is 0 Å². The van der Waals surface area contributed by atoms with Gasteiger partial charge < -0.3 is 0 Å².